The summed E-state index contributed by atoms with van der Waals surface area (Å²) in [6, 6.07) is 4.90. The van der Waals surface area contributed by atoms with Gasteiger partial charge in [0.15, 0.2) is 0 Å². The van der Waals surface area contributed by atoms with Crippen LogP contribution in [0, 0.1) is 11.2 Å². The number of halogens is 2. The molecule has 0 bridgehead atoms. The van der Waals surface area contributed by atoms with E-state index in [4.69, 9.17) is 11.6 Å². The lowest BCUT2D eigenvalue weighted by molar-refractivity contribution is 0.180. The summed E-state index contributed by atoms with van der Waals surface area (Å²) in [5, 5.41) is 4.09. The van der Waals surface area contributed by atoms with Gasteiger partial charge in [0.1, 0.15) is 5.82 Å². The molecule has 0 radical (unpaired) electrons. The highest BCUT2D eigenvalue weighted by atomic mass is 35.5. The molecule has 3 heteroatoms. The number of benzene rings is 1. The summed E-state index contributed by atoms with van der Waals surface area (Å²) in [6.45, 7) is 4.08. The zero-order valence-corrected chi connectivity index (χ0v) is 12.4. The average molecular weight is 284 g/mol. The third-order valence-corrected chi connectivity index (χ3v) is 4.47. The molecule has 0 saturated heterocycles. The molecule has 0 unspecified atom stereocenters. The van der Waals surface area contributed by atoms with Crippen molar-refractivity contribution in [3.63, 3.8) is 0 Å². The maximum absolute atomic E-state index is 13.9. The Labute approximate surface area is 120 Å². The topological polar surface area (TPSA) is 12.0 Å². The molecule has 0 aromatic heterocycles. The summed E-state index contributed by atoms with van der Waals surface area (Å²) in [7, 11) is 0. The number of hydrogen-bond donors (Lipinski definition) is 1. The largest absolute Gasteiger partial charge is 0.316 e. The van der Waals surface area contributed by atoms with Gasteiger partial charge in [-0.25, -0.2) is 4.39 Å². The molecule has 0 spiro atoms. The van der Waals surface area contributed by atoms with Gasteiger partial charge in [0.2, 0.25) is 0 Å². The van der Waals surface area contributed by atoms with Gasteiger partial charge in [-0.05, 0) is 55.0 Å². The zero-order chi connectivity index (χ0) is 13.7. The molecular weight excluding hydrogens is 261 g/mol. The molecule has 1 aliphatic rings. The molecule has 106 valence electrons. The minimum Gasteiger partial charge on any atom is -0.316 e. The summed E-state index contributed by atoms with van der Waals surface area (Å²) >= 11 is 6.00. The number of hydrogen-bond acceptors (Lipinski definition) is 1. The van der Waals surface area contributed by atoms with Crippen LogP contribution in [0.3, 0.4) is 0 Å². The van der Waals surface area contributed by atoms with Gasteiger partial charge in [-0.1, -0.05) is 37.8 Å². The highest BCUT2D eigenvalue weighted by Gasteiger charge is 2.32. The van der Waals surface area contributed by atoms with Gasteiger partial charge < -0.3 is 5.32 Å². The van der Waals surface area contributed by atoms with Gasteiger partial charge in [-0.3, -0.25) is 0 Å². The summed E-state index contributed by atoms with van der Waals surface area (Å²) in [5.74, 6) is -0.120. The third-order valence-electron chi connectivity index (χ3n) is 4.24. The minimum absolute atomic E-state index is 0.120. The van der Waals surface area contributed by atoms with Crippen LogP contribution in [0.4, 0.5) is 4.39 Å². The Morgan fingerprint density at radius 3 is 2.68 bits per heavy atom. The Balaban J connectivity index is 2.16. The van der Waals surface area contributed by atoms with E-state index in [9.17, 15) is 4.39 Å². The van der Waals surface area contributed by atoms with Crippen LogP contribution < -0.4 is 5.32 Å². The molecule has 2 rings (SSSR count). The van der Waals surface area contributed by atoms with Crippen molar-refractivity contribution >= 4 is 11.6 Å². The van der Waals surface area contributed by atoms with Gasteiger partial charge >= 0.3 is 0 Å². The number of rotatable bonds is 5. The first kappa shape index (κ1) is 14.8. The molecule has 1 saturated carbocycles. The third kappa shape index (κ3) is 3.93. The van der Waals surface area contributed by atoms with Crippen LogP contribution in [0.25, 0.3) is 0 Å². The summed E-state index contributed by atoms with van der Waals surface area (Å²) in [5.41, 5.74) is 0.979. The first-order valence-electron chi connectivity index (χ1n) is 7.30. The highest BCUT2D eigenvalue weighted by molar-refractivity contribution is 6.30. The van der Waals surface area contributed by atoms with Crippen LogP contribution in [0.2, 0.25) is 5.02 Å². The van der Waals surface area contributed by atoms with Crippen LogP contribution in [-0.2, 0) is 6.42 Å². The van der Waals surface area contributed by atoms with E-state index < -0.39 is 0 Å². The monoisotopic (exact) mass is 283 g/mol. The van der Waals surface area contributed by atoms with Gasteiger partial charge in [-0.15, -0.1) is 0 Å². The first-order chi connectivity index (χ1) is 9.15. The summed E-state index contributed by atoms with van der Waals surface area (Å²) in [6.07, 6.45) is 7.00. The van der Waals surface area contributed by atoms with E-state index in [1.165, 1.54) is 38.2 Å². The average Bonchev–Trinajstić information content (AvgIpc) is 2.42. The maximum atomic E-state index is 13.9. The SMILES string of the molecule is CCNCC1(Cc2cc(Cl)ccc2F)CCCCC1. The maximum Gasteiger partial charge on any atom is 0.126 e. The van der Waals surface area contributed by atoms with Gasteiger partial charge in [0, 0.05) is 11.6 Å². The van der Waals surface area contributed by atoms with Crippen molar-refractivity contribution in [3.8, 4) is 0 Å². The van der Waals surface area contributed by atoms with E-state index in [1.54, 1.807) is 12.1 Å². The quantitative estimate of drug-likeness (QED) is 0.834. The molecule has 1 fully saturated rings. The molecule has 1 aromatic carbocycles. The Kier molecular flexibility index (Phi) is 5.23. The van der Waals surface area contributed by atoms with Gasteiger partial charge in [0.05, 0.1) is 0 Å². The fourth-order valence-electron chi connectivity index (χ4n) is 3.19. The van der Waals surface area contributed by atoms with Crippen LogP contribution >= 0.6 is 11.6 Å². The summed E-state index contributed by atoms with van der Waals surface area (Å²) < 4.78 is 13.9. The molecule has 19 heavy (non-hydrogen) atoms. The van der Waals surface area contributed by atoms with Crippen LogP contribution in [-0.4, -0.2) is 13.1 Å². The highest BCUT2D eigenvalue weighted by Crippen LogP contribution is 2.39. The molecule has 0 amide bonds. The Bertz CT molecular complexity index is 413. The Morgan fingerprint density at radius 1 is 1.26 bits per heavy atom. The van der Waals surface area contributed by atoms with E-state index in [1.807, 2.05) is 0 Å². The zero-order valence-electron chi connectivity index (χ0n) is 11.6. The van der Waals surface area contributed by atoms with Gasteiger partial charge in [0.25, 0.3) is 0 Å². The molecule has 1 aromatic rings. The van der Waals surface area contributed by atoms with Crippen LogP contribution in [0.15, 0.2) is 18.2 Å². The Hall–Kier alpha value is -0.600. The van der Waals surface area contributed by atoms with E-state index >= 15 is 0 Å². The van der Waals surface area contributed by atoms with E-state index in [0.29, 0.717) is 5.02 Å². The van der Waals surface area contributed by atoms with Crippen molar-refractivity contribution in [2.24, 2.45) is 5.41 Å². The predicted molar refractivity (Wildman–Crippen MR) is 79.2 cm³/mol. The van der Waals surface area contributed by atoms with Crippen LogP contribution in [0.1, 0.15) is 44.6 Å². The number of nitrogens with one attached hydrogen (secondary N) is 1. The molecule has 1 nitrogen and oxygen atoms in total. The molecular formula is C16H23ClFN. The van der Waals surface area contributed by atoms with Gasteiger partial charge in [-0.2, -0.15) is 0 Å². The van der Waals surface area contributed by atoms with Crippen molar-refractivity contribution in [1.29, 1.82) is 0 Å². The van der Waals surface area contributed by atoms with Crippen molar-refractivity contribution in [3.05, 3.63) is 34.6 Å². The van der Waals surface area contributed by atoms with Crippen molar-refractivity contribution in [1.82, 2.24) is 5.32 Å². The van der Waals surface area contributed by atoms with Crippen molar-refractivity contribution in [2.45, 2.75) is 45.4 Å². The fraction of sp³-hybridized carbons (Fsp3) is 0.625. The minimum atomic E-state index is -0.120. The second kappa shape index (κ2) is 6.71. The van der Waals surface area contributed by atoms with E-state index in [-0.39, 0.29) is 11.2 Å². The predicted octanol–water partition coefficient (Wildman–Crippen LogP) is 4.58. The second-order valence-electron chi connectivity index (χ2n) is 5.75. The summed E-state index contributed by atoms with van der Waals surface area (Å²) in [4.78, 5) is 0. The Morgan fingerprint density at radius 2 is 2.00 bits per heavy atom. The lowest BCUT2D eigenvalue weighted by Crippen LogP contribution is -2.38. The smallest absolute Gasteiger partial charge is 0.126 e. The fourth-order valence-corrected chi connectivity index (χ4v) is 3.39. The molecule has 1 N–H and O–H groups in total. The second-order valence-corrected chi connectivity index (χ2v) is 6.19. The normalized spacial score (nSPS) is 18.5. The molecule has 1 aliphatic carbocycles. The standard InChI is InChI=1S/C16H23ClFN/c1-2-19-12-16(8-4-3-5-9-16)11-13-10-14(17)6-7-15(13)18/h6-7,10,19H,2-5,8-9,11-12H2,1H3. The molecule has 0 atom stereocenters. The lowest BCUT2D eigenvalue weighted by Gasteiger charge is -2.38. The molecule has 0 aliphatic heterocycles. The van der Waals surface area contributed by atoms with E-state index in [2.05, 4.69) is 12.2 Å². The van der Waals surface area contributed by atoms with Crippen molar-refractivity contribution < 1.29 is 4.39 Å². The van der Waals surface area contributed by atoms with Crippen LogP contribution in [0.5, 0.6) is 0 Å². The van der Waals surface area contributed by atoms with Crippen molar-refractivity contribution in [2.75, 3.05) is 13.1 Å². The first-order valence-corrected chi connectivity index (χ1v) is 7.68. The lowest BCUT2D eigenvalue weighted by atomic mass is 9.70. The molecule has 0 heterocycles. The van der Waals surface area contributed by atoms with E-state index in [0.717, 1.165) is 25.1 Å².